The van der Waals surface area contributed by atoms with Crippen LogP contribution in [0.3, 0.4) is 0 Å². The SMILES string of the molecule is CC(C)c1cc(C(=O)Nc2cccc(C#N)c2)c2cnn(C(C)C)c2n1. The molecule has 2 aromatic heterocycles. The molecule has 1 amide bonds. The standard InChI is InChI=1S/C20H21N5O/c1-12(2)18-9-16(17-11-22-25(13(3)4)19(17)24-18)20(26)23-15-7-5-6-14(8-15)10-21/h5-9,11-13H,1-4H3,(H,23,26). The molecule has 0 aliphatic heterocycles. The molecular formula is C20H21N5O. The van der Waals surface area contributed by atoms with Crippen molar-refractivity contribution in [3.8, 4) is 6.07 Å². The monoisotopic (exact) mass is 347 g/mol. The van der Waals surface area contributed by atoms with Crippen LogP contribution in [0, 0.1) is 11.3 Å². The molecule has 1 aromatic carbocycles. The molecular weight excluding hydrogens is 326 g/mol. The van der Waals surface area contributed by atoms with Gasteiger partial charge in [-0.3, -0.25) is 4.79 Å². The third-order valence-corrected chi connectivity index (χ3v) is 4.16. The van der Waals surface area contributed by atoms with Crippen LogP contribution in [0.4, 0.5) is 5.69 Å². The number of benzene rings is 1. The van der Waals surface area contributed by atoms with E-state index in [1.54, 1.807) is 30.5 Å². The first-order chi connectivity index (χ1) is 12.4. The fourth-order valence-corrected chi connectivity index (χ4v) is 2.76. The summed E-state index contributed by atoms with van der Waals surface area (Å²) in [5, 5.41) is 17.0. The number of pyridine rings is 1. The van der Waals surface area contributed by atoms with Crippen LogP contribution < -0.4 is 5.32 Å². The molecule has 6 nitrogen and oxygen atoms in total. The van der Waals surface area contributed by atoms with Crippen molar-refractivity contribution < 1.29 is 4.79 Å². The van der Waals surface area contributed by atoms with Crippen molar-refractivity contribution in [3.63, 3.8) is 0 Å². The lowest BCUT2D eigenvalue weighted by Crippen LogP contribution is -2.14. The maximum Gasteiger partial charge on any atom is 0.256 e. The Balaban J connectivity index is 2.08. The van der Waals surface area contributed by atoms with E-state index in [0.29, 0.717) is 22.5 Å². The second kappa shape index (κ2) is 6.96. The van der Waals surface area contributed by atoms with E-state index in [0.717, 1.165) is 11.1 Å². The first-order valence-electron chi connectivity index (χ1n) is 8.60. The Kier molecular flexibility index (Phi) is 4.72. The van der Waals surface area contributed by atoms with Gasteiger partial charge in [-0.05, 0) is 44.0 Å². The van der Waals surface area contributed by atoms with E-state index in [9.17, 15) is 4.79 Å². The first kappa shape index (κ1) is 17.6. The van der Waals surface area contributed by atoms with E-state index in [1.807, 2.05) is 38.4 Å². The summed E-state index contributed by atoms with van der Waals surface area (Å²) in [4.78, 5) is 17.6. The van der Waals surface area contributed by atoms with Crippen molar-refractivity contribution in [2.45, 2.75) is 39.7 Å². The van der Waals surface area contributed by atoms with Gasteiger partial charge in [-0.1, -0.05) is 19.9 Å². The third-order valence-electron chi connectivity index (χ3n) is 4.16. The third kappa shape index (κ3) is 3.29. The quantitative estimate of drug-likeness (QED) is 0.764. The fourth-order valence-electron chi connectivity index (χ4n) is 2.76. The molecule has 0 spiro atoms. The molecule has 2 heterocycles. The lowest BCUT2D eigenvalue weighted by atomic mass is 10.0. The zero-order valence-electron chi connectivity index (χ0n) is 15.3. The molecule has 0 bridgehead atoms. The Bertz CT molecular complexity index is 1010. The zero-order valence-corrected chi connectivity index (χ0v) is 15.3. The smallest absolute Gasteiger partial charge is 0.256 e. The minimum atomic E-state index is -0.238. The number of hydrogen-bond donors (Lipinski definition) is 1. The Labute approximate surface area is 152 Å². The molecule has 0 unspecified atom stereocenters. The number of amides is 1. The van der Waals surface area contributed by atoms with Gasteiger partial charge in [-0.25, -0.2) is 9.67 Å². The highest BCUT2D eigenvalue weighted by atomic mass is 16.1. The molecule has 3 rings (SSSR count). The summed E-state index contributed by atoms with van der Waals surface area (Å²) in [5.74, 6) is -0.0546. The Morgan fingerprint density at radius 2 is 2.00 bits per heavy atom. The number of carbonyl (C=O) groups excluding carboxylic acids is 1. The van der Waals surface area contributed by atoms with Gasteiger partial charge in [0.15, 0.2) is 5.65 Å². The predicted octanol–water partition coefficient (Wildman–Crippen LogP) is 4.26. The number of fused-ring (bicyclic) bond motifs is 1. The van der Waals surface area contributed by atoms with E-state index in [4.69, 9.17) is 10.2 Å². The number of hydrogen-bond acceptors (Lipinski definition) is 4. The van der Waals surface area contributed by atoms with Crippen LogP contribution in [0.15, 0.2) is 36.5 Å². The molecule has 1 N–H and O–H groups in total. The van der Waals surface area contributed by atoms with Crippen LogP contribution in [0.1, 0.15) is 61.3 Å². The number of nitriles is 1. The molecule has 3 aromatic rings. The van der Waals surface area contributed by atoms with E-state index in [2.05, 4.69) is 16.5 Å². The number of nitrogens with one attached hydrogen (secondary N) is 1. The Morgan fingerprint density at radius 1 is 1.23 bits per heavy atom. The van der Waals surface area contributed by atoms with Crippen LogP contribution in [-0.4, -0.2) is 20.7 Å². The van der Waals surface area contributed by atoms with Crippen molar-refractivity contribution in [3.05, 3.63) is 53.3 Å². The highest BCUT2D eigenvalue weighted by molar-refractivity contribution is 6.12. The van der Waals surface area contributed by atoms with Gasteiger partial charge in [0.1, 0.15) is 0 Å². The van der Waals surface area contributed by atoms with Crippen molar-refractivity contribution >= 4 is 22.6 Å². The lowest BCUT2D eigenvalue weighted by Gasteiger charge is -2.12. The largest absolute Gasteiger partial charge is 0.322 e. The summed E-state index contributed by atoms with van der Waals surface area (Å²) in [6, 6.07) is 10.9. The van der Waals surface area contributed by atoms with Gasteiger partial charge in [0, 0.05) is 17.4 Å². The van der Waals surface area contributed by atoms with Crippen molar-refractivity contribution in [1.82, 2.24) is 14.8 Å². The fraction of sp³-hybridized carbons (Fsp3) is 0.300. The average molecular weight is 347 g/mol. The number of rotatable bonds is 4. The van der Waals surface area contributed by atoms with Gasteiger partial charge in [-0.15, -0.1) is 0 Å². The summed E-state index contributed by atoms with van der Waals surface area (Å²) in [5.41, 5.74) is 3.17. The van der Waals surface area contributed by atoms with Gasteiger partial charge in [0.2, 0.25) is 0 Å². The lowest BCUT2D eigenvalue weighted by molar-refractivity contribution is 0.102. The van der Waals surface area contributed by atoms with Gasteiger partial charge in [0.25, 0.3) is 5.91 Å². The summed E-state index contributed by atoms with van der Waals surface area (Å²) < 4.78 is 1.83. The maximum absolute atomic E-state index is 12.9. The summed E-state index contributed by atoms with van der Waals surface area (Å²) in [7, 11) is 0. The zero-order chi connectivity index (χ0) is 18.8. The van der Waals surface area contributed by atoms with Gasteiger partial charge in [-0.2, -0.15) is 10.4 Å². The van der Waals surface area contributed by atoms with Crippen molar-refractivity contribution in [2.24, 2.45) is 0 Å². The molecule has 0 saturated carbocycles. The maximum atomic E-state index is 12.9. The molecule has 6 heteroatoms. The summed E-state index contributed by atoms with van der Waals surface area (Å²) >= 11 is 0. The number of aromatic nitrogens is 3. The minimum Gasteiger partial charge on any atom is -0.322 e. The normalized spacial score (nSPS) is 11.1. The number of carbonyl (C=O) groups is 1. The van der Waals surface area contributed by atoms with Gasteiger partial charge >= 0.3 is 0 Å². The van der Waals surface area contributed by atoms with E-state index < -0.39 is 0 Å². The Morgan fingerprint density at radius 3 is 2.65 bits per heavy atom. The first-order valence-corrected chi connectivity index (χ1v) is 8.60. The second-order valence-electron chi connectivity index (χ2n) is 6.82. The molecule has 0 aliphatic carbocycles. The van der Waals surface area contributed by atoms with Crippen LogP contribution in [0.25, 0.3) is 11.0 Å². The van der Waals surface area contributed by atoms with Crippen LogP contribution >= 0.6 is 0 Å². The topological polar surface area (TPSA) is 83.6 Å². The van der Waals surface area contributed by atoms with E-state index >= 15 is 0 Å². The van der Waals surface area contributed by atoms with Crippen LogP contribution in [0.2, 0.25) is 0 Å². The number of nitrogens with zero attached hydrogens (tertiary/aromatic N) is 4. The highest BCUT2D eigenvalue weighted by Gasteiger charge is 2.19. The van der Waals surface area contributed by atoms with Crippen LogP contribution in [-0.2, 0) is 0 Å². The minimum absolute atomic E-state index is 0.144. The van der Waals surface area contributed by atoms with Gasteiger partial charge in [0.05, 0.1) is 28.8 Å². The van der Waals surface area contributed by atoms with Crippen LogP contribution in [0.5, 0.6) is 0 Å². The highest BCUT2D eigenvalue weighted by Crippen LogP contribution is 2.25. The Hall–Kier alpha value is -3.20. The van der Waals surface area contributed by atoms with Crippen molar-refractivity contribution in [1.29, 1.82) is 5.26 Å². The molecule has 0 fully saturated rings. The van der Waals surface area contributed by atoms with Crippen molar-refractivity contribution in [2.75, 3.05) is 5.32 Å². The molecule has 132 valence electrons. The average Bonchev–Trinajstić information content (AvgIpc) is 3.05. The molecule has 0 saturated heterocycles. The molecule has 26 heavy (non-hydrogen) atoms. The second-order valence-corrected chi connectivity index (χ2v) is 6.82. The van der Waals surface area contributed by atoms with E-state index in [1.165, 1.54) is 0 Å². The number of anilines is 1. The summed E-state index contributed by atoms with van der Waals surface area (Å²) in [6.45, 7) is 8.15. The molecule has 0 radical (unpaired) electrons. The molecule has 0 aliphatic rings. The summed E-state index contributed by atoms with van der Waals surface area (Å²) in [6.07, 6.45) is 1.69. The molecule has 0 atom stereocenters. The van der Waals surface area contributed by atoms with E-state index in [-0.39, 0.29) is 17.9 Å². The predicted molar refractivity (Wildman–Crippen MR) is 101 cm³/mol. The van der Waals surface area contributed by atoms with Gasteiger partial charge < -0.3 is 5.32 Å².